The molecule has 0 bridgehead atoms. The topological polar surface area (TPSA) is 58.8 Å². The smallest absolute Gasteiger partial charge is 0.414 e. The lowest BCUT2D eigenvalue weighted by atomic mass is 10.1. The van der Waals surface area contributed by atoms with E-state index in [9.17, 15) is 4.79 Å². The van der Waals surface area contributed by atoms with Crippen molar-refractivity contribution in [1.82, 2.24) is 4.90 Å². The number of piperidine rings is 1. The summed E-state index contributed by atoms with van der Waals surface area (Å²) in [4.78, 5) is 16.2. The quantitative estimate of drug-likeness (QED) is 0.920. The van der Waals surface area contributed by atoms with Crippen LogP contribution in [0, 0.1) is 0 Å². The van der Waals surface area contributed by atoms with E-state index in [1.54, 1.807) is 4.90 Å². The highest BCUT2D eigenvalue weighted by Gasteiger charge is 2.33. The molecule has 114 valence electrons. The molecule has 2 heterocycles. The van der Waals surface area contributed by atoms with Gasteiger partial charge in [-0.25, -0.2) is 4.79 Å². The zero-order valence-corrected chi connectivity index (χ0v) is 12.3. The second-order valence-electron chi connectivity index (χ2n) is 5.85. The van der Waals surface area contributed by atoms with Gasteiger partial charge in [0.2, 0.25) is 0 Å². The number of rotatable bonds is 4. The highest BCUT2D eigenvalue weighted by molar-refractivity contribution is 5.89. The Morgan fingerprint density at radius 1 is 1.14 bits per heavy atom. The zero-order valence-electron chi connectivity index (χ0n) is 12.3. The number of amides is 1. The fourth-order valence-corrected chi connectivity index (χ4v) is 3.07. The lowest BCUT2D eigenvalue weighted by molar-refractivity contribution is 0.101. The molecule has 1 unspecified atom stereocenters. The standard InChI is InChI=1S/C16H23N3O2/c17-10-13-4-6-14(7-5-13)19-12-15(21-16(19)20)11-18-8-2-1-3-9-18/h4-7,15H,1-3,8-12,17H2. The van der Waals surface area contributed by atoms with Crippen LogP contribution in [0.1, 0.15) is 24.8 Å². The first-order valence-electron chi connectivity index (χ1n) is 7.76. The number of ether oxygens (including phenoxy) is 1. The molecule has 0 spiro atoms. The Labute approximate surface area is 125 Å². The maximum Gasteiger partial charge on any atom is 0.414 e. The molecule has 0 radical (unpaired) electrons. The van der Waals surface area contributed by atoms with E-state index >= 15 is 0 Å². The van der Waals surface area contributed by atoms with Crippen LogP contribution in [0.15, 0.2) is 24.3 Å². The van der Waals surface area contributed by atoms with Crippen molar-refractivity contribution in [2.24, 2.45) is 5.73 Å². The molecule has 2 N–H and O–H groups in total. The normalized spacial score (nSPS) is 23.4. The van der Waals surface area contributed by atoms with Crippen LogP contribution in [-0.4, -0.2) is 43.3 Å². The van der Waals surface area contributed by atoms with Crippen LogP contribution in [0.25, 0.3) is 0 Å². The van der Waals surface area contributed by atoms with Crippen molar-refractivity contribution in [2.45, 2.75) is 31.9 Å². The lowest BCUT2D eigenvalue weighted by Crippen LogP contribution is -2.38. The molecule has 21 heavy (non-hydrogen) atoms. The maximum absolute atomic E-state index is 12.0. The molecule has 3 rings (SSSR count). The summed E-state index contributed by atoms with van der Waals surface area (Å²) >= 11 is 0. The van der Waals surface area contributed by atoms with Crippen LogP contribution in [0.3, 0.4) is 0 Å². The molecule has 1 amide bonds. The minimum Gasteiger partial charge on any atom is -0.443 e. The molecule has 5 heteroatoms. The van der Waals surface area contributed by atoms with Gasteiger partial charge < -0.3 is 10.5 Å². The predicted octanol–water partition coefficient (Wildman–Crippen LogP) is 1.96. The number of cyclic esters (lactones) is 1. The minimum absolute atomic E-state index is 0.0233. The van der Waals surface area contributed by atoms with Gasteiger partial charge in [0.1, 0.15) is 6.10 Å². The SMILES string of the molecule is NCc1ccc(N2CC(CN3CCCCC3)OC2=O)cc1. The Bertz CT molecular complexity index is 483. The number of nitrogens with two attached hydrogens (primary N) is 1. The first-order chi connectivity index (χ1) is 10.3. The summed E-state index contributed by atoms with van der Waals surface area (Å²) < 4.78 is 5.51. The summed E-state index contributed by atoms with van der Waals surface area (Å²) in [6.07, 6.45) is 3.57. The molecule has 2 aliphatic heterocycles. The minimum atomic E-state index is -0.238. The van der Waals surface area contributed by atoms with Gasteiger partial charge in [0.05, 0.1) is 6.54 Å². The Balaban J connectivity index is 1.60. The third kappa shape index (κ3) is 3.36. The van der Waals surface area contributed by atoms with Crippen molar-refractivity contribution in [2.75, 3.05) is 31.1 Å². The molecule has 0 aromatic heterocycles. The van der Waals surface area contributed by atoms with Gasteiger partial charge in [0, 0.05) is 18.8 Å². The van der Waals surface area contributed by atoms with Crippen LogP contribution in [0.2, 0.25) is 0 Å². The monoisotopic (exact) mass is 289 g/mol. The number of benzene rings is 1. The molecule has 5 nitrogen and oxygen atoms in total. The predicted molar refractivity (Wildman–Crippen MR) is 82.2 cm³/mol. The summed E-state index contributed by atoms with van der Waals surface area (Å²) in [5, 5.41) is 0. The molecule has 1 aromatic carbocycles. The third-order valence-corrected chi connectivity index (χ3v) is 4.27. The number of nitrogens with zero attached hydrogens (tertiary/aromatic N) is 2. The summed E-state index contributed by atoms with van der Waals surface area (Å²) in [6.45, 7) is 4.25. The van der Waals surface area contributed by atoms with Crippen LogP contribution >= 0.6 is 0 Å². The van der Waals surface area contributed by atoms with Crippen molar-refractivity contribution in [1.29, 1.82) is 0 Å². The largest absolute Gasteiger partial charge is 0.443 e. The first kappa shape index (κ1) is 14.4. The van der Waals surface area contributed by atoms with E-state index in [2.05, 4.69) is 4.90 Å². The van der Waals surface area contributed by atoms with Crippen molar-refractivity contribution in [3.63, 3.8) is 0 Å². The van der Waals surface area contributed by atoms with Gasteiger partial charge in [0.15, 0.2) is 0 Å². The molecule has 0 aliphatic carbocycles. The first-order valence-corrected chi connectivity index (χ1v) is 7.76. The molecular formula is C16H23N3O2. The summed E-state index contributed by atoms with van der Waals surface area (Å²) in [6, 6.07) is 7.79. The second kappa shape index (κ2) is 6.45. The van der Waals surface area contributed by atoms with Crippen molar-refractivity contribution in [3.05, 3.63) is 29.8 Å². The van der Waals surface area contributed by atoms with Gasteiger partial charge in [0.25, 0.3) is 0 Å². The van der Waals surface area contributed by atoms with E-state index in [1.165, 1.54) is 19.3 Å². The van der Waals surface area contributed by atoms with Gasteiger partial charge >= 0.3 is 6.09 Å². The van der Waals surface area contributed by atoms with E-state index in [0.29, 0.717) is 13.1 Å². The van der Waals surface area contributed by atoms with E-state index in [1.807, 2.05) is 24.3 Å². The molecule has 0 saturated carbocycles. The van der Waals surface area contributed by atoms with Crippen LogP contribution in [0.4, 0.5) is 10.5 Å². The third-order valence-electron chi connectivity index (χ3n) is 4.27. The van der Waals surface area contributed by atoms with E-state index < -0.39 is 0 Å². The number of hydrogen-bond donors (Lipinski definition) is 1. The number of hydrogen-bond acceptors (Lipinski definition) is 4. The highest BCUT2D eigenvalue weighted by atomic mass is 16.6. The van der Waals surface area contributed by atoms with Crippen molar-refractivity contribution in [3.8, 4) is 0 Å². The number of anilines is 1. The van der Waals surface area contributed by atoms with E-state index in [-0.39, 0.29) is 12.2 Å². The van der Waals surface area contributed by atoms with Crippen LogP contribution in [0.5, 0.6) is 0 Å². The summed E-state index contributed by atoms with van der Waals surface area (Å²) in [5.41, 5.74) is 7.55. The summed E-state index contributed by atoms with van der Waals surface area (Å²) in [7, 11) is 0. The molecule has 2 saturated heterocycles. The molecule has 2 fully saturated rings. The average molecular weight is 289 g/mol. The van der Waals surface area contributed by atoms with Crippen molar-refractivity contribution < 1.29 is 9.53 Å². The van der Waals surface area contributed by atoms with E-state index in [0.717, 1.165) is 30.9 Å². The zero-order chi connectivity index (χ0) is 14.7. The number of carbonyl (C=O) groups is 1. The highest BCUT2D eigenvalue weighted by Crippen LogP contribution is 2.23. The fourth-order valence-electron chi connectivity index (χ4n) is 3.07. The number of carbonyl (C=O) groups excluding carboxylic acids is 1. The number of likely N-dealkylation sites (tertiary alicyclic amines) is 1. The van der Waals surface area contributed by atoms with Gasteiger partial charge in [-0.1, -0.05) is 18.6 Å². The van der Waals surface area contributed by atoms with Crippen molar-refractivity contribution >= 4 is 11.8 Å². The molecule has 1 aromatic rings. The summed E-state index contributed by atoms with van der Waals surface area (Å²) in [5.74, 6) is 0. The van der Waals surface area contributed by atoms with Gasteiger partial charge in [-0.3, -0.25) is 9.80 Å². The van der Waals surface area contributed by atoms with E-state index in [4.69, 9.17) is 10.5 Å². The lowest BCUT2D eigenvalue weighted by Gasteiger charge is -2.27. The Hall–Kier alpha value is -1.59. The van der Waals surface area contributed by atoms with Gasteiger partial charge in [-0.2, -0.15) is 0 Å². The second-order valence-corrected chi connectivity index (χ2v) is 5.85. The average Bonchev–Trinajstić information content (AvgIpc) is 2.89. The van der Waals surface area contributed by atoms with Gasteiger partial charge in [-0.05, 0) is 43.6 Å². The van der Waals surface area contributed by atoms with Crippen LogP contribution in [-0.2, 0) is 11.3 Å². The molecule has 2 aliphatic rings. The Morgan fingerprint density at radius 2 is 1.86 bits per heavy atom. The maximum atomic E-state index is 12.0. The Kier molecular flexibility index (Phi) is 4.41. The molecular weight excluding hydrogens is 266 g/mol. The van der Waals surface area contributed by atoms with Crippen LogP contribution < -0.4 is 10.6 Å². The van der Waals surface area contributed by atoms with Gasteiger partial charge in [-0.15, -0.1) is 0 Å². The molecule has 1 atom stereocenters. The fraction of sp³-hybridized carbons (Fsp3) is 0.562. The Morgan fingerprint density at radius 3 is 2.52 bits per heavy atom.